The third-order valence-corrected chi connectivity index (χ3v) is 3.73. The zero-order valence-corrected chi connectivity index (χ0v) is 14.9. The minimum atomic E-state index is -4.34. The van der Waals surface area contributed by atoms with Gasteiger partial charge in [0.15, 0.2) is 0 Å². The molecule has 0 amide bonds. The molecule has 0 rings (SSSR count). The molecule has 0 saturated carbocycles. The number of hydrogen-bond acceptors (Lipinski definition) is 5. The predicted molar refractivity (Wildman–Crippen MR) is 67.8 cm³/mol. The fourth-order valence-electron chi connectivity index (χ4n) is 1.39. The van der Waals surface area contributed by atoms with Gasteiger partial charge in [-0.25, -0.2) is 0 Å². The summed E-state index contributed by atoms with van der Waals surface area (Å²) in [6, 6.07) is 0. The molecule has 0 saturated heterocycles. The summed E-state index contributed by atoms with van der Waals surface area (Å²) in [6.45, 7) is 2.22. The second-order valence-corrected chi connectivity index (χ2v) is 7.04. The molecule has 0 spiro atoms. The van der Waals surface area contributed by atoms with Gasteiger partial charge in [0.25, 0.3) is 20.2 Å². The molecular formula is C9H21NaO7S2. The van der Waals surface area contributed by atoms with E-state index < -0.39 is 37.8 Å². The first kappa shape index (κ1) is 22.1. The van der Waals surface area contributed by atoms with E-state index in [0.29, 0.717) is 6.42 Å². The number of hydrogen-bond donors (Lipinski definition) is 2. The predicted octanol–water partition coefficient (Wildman–Crippen LogP) is -2.16. The van der Waals surface area contributed by atoms with Crippen LogP contribution in [0.5, 0.6) is 0 Å². The Balaban J connectivity index is -0.00000144. The van der Waals surface area contributed by atoms with Crippen LogP contribution in [0.1, 0.15) is 34.0 Å². The van der Waals surface area contributed by atoms with Gasteiger partial charge >= 0.3 is 29.6 Å². The Morgan fingerprint density at radius 3 is 1.84 bits per heavy atom. The van der Waals surface area contributed by atoms with Crippen molar-refractivity contribution in [1.29, 1.82) is 0 Å². The Labute approximate surface area is 138 Å². The van der Waals surface area contributed by atoms with E-state index in [1.807, 2.05) is 6.92 Å². The SMILES string of the molecule is CCCCCCOC(CS(=O)(=O)O)CS(=O)(=O)O.[H-].[Na+]. The molecule has 0 aromatic heterocycles. The van der Waals surface area contributed by atoms with Gasteiger partial charge in [0.05, 0.1) is 6.10 Å². The van der Waals surface area contributed by atoms with E-state index in [2.05, 4.69) is 0 Å². The fraction of sp³-hybridized carbons (Fsp3) is 1.00. The first-order valence-corrected chi connectivity index (χ1v) is 8.88. The molecule has 0 bridgehead atoms. The van der Waals surface area contributed by atoms with Crippen LogP contribution >= 0.6 is 0 Å². The molecule has 19 heavy (non-hydrogen) atoms. The average molecular weight is 328 g/mol. The van der Waals surface area contributed by atoms with E-state index in [1.54, 1.807) is 0 Å². The topological polar surface area (TPSA) is 118 Å². The second-order valence-electron chi connectivity index (χ2n) is 4.05. The quantitative estimate of drug-likeness (QED) is 0.266. The summed E-state index contributed by atoms with van der Waals surface area (Å²) in [5, 5.41) is 0. The van der Waals surface area contributed by atoms with Crippen molar-refractivity contribution in [3.05, 3.63) is 0 Å². The third kappa shape index (κ3) is 16.7. The molecule has 0 atom stereocenters. The smallest absolute Gasteiger partial charge is 1.00 e. The van der Waals surface area contributed by atoms with E-state index in [-0.39, 0.29) is 37.6 Å². The van der Waals surface area contributed by atoms with Crippen LogP contribution in [-0.4, -0.2) is 50.2 Å². The van der Waals surface area contributed by atoms with Crippen molar-refractivity contribution in [2.45, 2.75) is 38.7 Å². The van der Waals surface area contributed by atoms with Crippen molar-refractivity contribution in [1.82, 2.24) is 0 Å². The summed E-state index contributed by atoms with van der Waals surface area (Å²) in [7, 11) is -8.69. The van der Waals surface area contributed by atoms with Gasteiger partial charge in [-0.05, 0) is 6.42 Å². The van der Waals surface area contributed by atoms with Crippen molar-refractivity contribution in [3.63, 3.8) is 0 Å². The van der Waals surface area contributed by atoms with Crippen LogP contribution in [0.2, 0.25) is 0 Å². The van der Waals surface area contributed by atoms with Crippen molar-refractivity contribution in [2.24, 2.45) is 0 Å². The van der Waals surface area contributed by atoms with E-state index in [4.69, 9.17) is 13.8 Å². The van der Waals surface area contributed by atoms with E-state index in [0.717, 1.165) is 19.3 Å². The van der Waals surface area contributed by atoms with E-state index >= 15 is 0 Å². The van der Waals surface area contributed by atoms with Gasteiger partial charge in [-0.3, -0.25) is 9.11 Å². The normalized spacial score (nSPS) is 12.4. The molecule has 0 aromatic rings. The van der Waals surface area contributed by atoms with Crippen LogP contribution in [0.15, 0.2) is 0 Å². The summed E-state index contributed by atoms with van der Waals surface area (Å²) in [5.41, 5.74) is 0. The van der Waals surface area contributed by atoms with Gasteiger partial charge in [-0.1, -0.05) is 26.2 Å². The average Bonchev–Trinajstić information content (AvgIpc) is 2.12. The Bertz CT molecular complexity index is 390. The zero-order chi connectivity index (χ0) is 14.2. The van der Waals surface area contributed by atoms with Gasteiger partial charge in [-0.2, -0.15) is 16.8 Å². The summed E-state index contributed by atoms with van der Waals surface area (Å²) < 4.78 is 65.0. The largest absolute Gasteiger partial charge is 1.00 e. The molecule has 0 radical (unpaired) electrons. The van der Waals surface area contributed by atoms with Crippen molar-refractivity contribution in [2.75, 3.05) is 18.1 Å². The summed E-state index contributed by atoms with van der Waals surface area (Å²) in [6.07, 6.45) is 2.34. The number of unbranched alkanes of at least 4 members (excludes halogenated alkanes) is 3. The Kier molecular flexibility index (Phi) is 12.2. The molecule has 0 aliphatic carbocycles. The molecule has 0 heterocycles. The van der Waals surface area contributed by atoms with Crippen molar-refractivity contribution >= 4 is 20.2 Å². The first-order chi connectivity index (χ1) is 8.14. The molecule has 0 fully saturated rings. The summed E-state index contributed by atoms with van der Waals surface area (Å²) in [5.74, 6) is -1.69. The van der Waals surface area contributed by atoms with Crippen molar-refractivity contribution < 1.29 is 61.7 Å². The second kappa shape index (κ2) is 10.5. The van der Waals surface area contributed by atoms with Gasteiger partial charge in [0.1, 0.15) is 11.5 Å². The summed E-state index contributed by atoms with van der Waals surface area (Å²) >= 11 is 0. The maximum absolute atomic E-state index is 10.7. The van der Waals surface area contributed by atoms with Gasteiger partial charge < -0.3 is 6.16 Å². The fourth-order valence-corrected chi connectivity index (χ4v) is 2.91. The maximum Gasteiger partial charge on any atom is 1.00 e. The van der Waals surface area contributed by atoms with Gasteiger partial charge in [0, 0.05) is 6.61 Å². The van der Waals surface area contributed by atoms with Crippen molar-refractivity contribution in [3.8, 4) is 0 Å². The molecule has 10 heteroatoms. The molecular weight excluding hydrogens is 307 g/mol. The van der Waals surface area contributed by atoms with Crippen LogP contribution in [0.3, 0.4) is 0 Å². The Morgan fingerprint density at radius 1 is 1.00 bits per heavy atom. The van der Waals surface area contributed by atoms with E-state index in [1.165, 1.54) is 0 Å². The monoisotopic (exact) mass is 328 g/mol. The first-order valence-electron chi connectivity index (χ1n) is 5.66. The van der Waals surface area contributed by atoms with Crippen LogP contribution in [0.25, 0.3) is 0 Å². The van der Waals surface area contributed by atoms with E-state index in [9.17, 15) is 16.8 Å². The zero-order valence-electron chi connectivity index (χ0n) is 12.3. The Hall–Kier alpha value is 0.780. The van der Waals surface area contributed by atoms with Gasteiger partial charge in [-0.15, -0.1) is 0 Å². The molecule has 0 aromatic carbocycles. The van der Waals surface area contributed by atoms with Gasteiger partial charge in [0.2, 0.25) is 0 Å². The number of rotatable bonds is 10. The maximum atomic E-state index is 10.7. The summed E-state index contributed by atoms with van der Waals surface area (Å²) in [4.78, 5) is 0. The minimum absolute atomic E-state index is 0. The number of ether oxygens (including phenoxy) is 1. The molecule has 2 N–H and O–H groups in total. The third-order valence-electron chi connectivity index (χ3n) is 2.14. The van der Waals surface area contributed by atoms with Crippen LogP contribution in [0.4, 0.5) is 0 Å². The molecule has 0 aliphatic heterocycles. The molecule has 112 valence electrons. The molecule has 0 aliphatic rings. The minimum Gasteiger partial charge on any atom is -1.00 e. The Morgan fingerprint density at radius 2 is 1.47 bits per heavy atom. The molecule has 7 nitrogen and oxygen atoms in total. The van der Waals surface area contributed by atoms with Crippen LogP contribution in [0, 0.1) is 0 Å². The molecule has 0 unspecified atom stereocenters. The standard InChI is InChI=1S/C9H20O7S2.Na.H/c1-2-3-4-5-6-16-9(7-17(10,11)12)8-18(13,14)15;;/h9H,2-8H2,1H3,(H,10,11,12)(H,13,14,15);;/q;+1;-1. The van der Waals surface area contributed by atoms with Crippen LogP contribution < -0.4 is 29.6 Å². The van der Waals surface area contributed by atoms with Crippen LogP contribution in [-0.2, 0) is 25.0 Å².